The predicted octanol–water partition coefficient (Wildman–Crippen LogP) is 2.40. The molecule has 1 rings (SSSR count). The van der Waals surface area contributed by atoms with Crippen LogP contribution in [0.3, 0.4) is 0 Å². The second kappa shape index (κ2) is 8.73. The van der Waals surface area contributed by atoms with Gasteiger partial charge in [-0.1, -0.05) is 18.5 Å². The van der Waals surface area contributed by atoms with Gasteiger partial charge in [-0.3, -0.25) is 14.9 Å². The summed E-state index contributed by atoms with van der Waals surface area (Å²) in [4.78, 5) is 22.0. The topological polar surface area (TPSA) is 84.3 Å². The Balaban J connectivity index is 0.00000361. The van der Waals surface area contributed by atoms with Crippen LogP contribution < -0.4 is 10.6 Å². The van der Waals surface area contributed by atoms with Crippen LogP contribution in [0, 0.1) is 10.1 Å². The first-order valence-corrected chi connectivity index (χ1v) is 6.28. The van der Waals surface area contributed by atoms with Gasteiger partial charge in [0.05, 0.1) is 4.92 Å². The van der Waals surface area contributed by atoms with E-state index < -0.39 is 4.92 Å². The first-order chi connectivity index (χ1) is 8.93. The normalized spacial score (nSPS) is 11.3. The highest BCUT2D eigenvalue weighted by Crippen LogP contribution is 2.20. The number of halogens is 2. The molecule has 6 nitrogen and oxygen atoms in total. The maximum Gasteiger partial charge on any atom is 0.271 e. The molecule has 1 atom stereocenters. The molecule has 0 aliphatic carbocycles. The fourth-order valence-electron chi connectivity index (χ4n) is 1.58. The SMILES string of the molecule is CCN[C@H](C)CNC(=O)c1cc(Cl)cc([N+](=O)[O-])c1.Cl. The molecule has 1 aromatic carbocycles. The number of hydrogen-bond acceptors (Lipinski definition) is 4. The second-order valence-electron chi connectivity index (χ2n) is 4.12. The Morgan fingerprint density at radius 1 is 1.45 bits per heavy atom. The van der Waals surface area contributed by atoms with Crippen molar-refractivity contribution in [3.05, 3.63) is 38.9 Å². The first kappa shape index (κ1) is 18.6. The van der Waals surface area contributed by atoms with E-state index in [1.807, 2.05) is 13.8 Å². The van der Waals surface area contributed by atoms with Crippen molar-refractivity contribution in [3.63, 3.8) is 0 Å². The van der Waals surface area contributed by atoms with Crippen molar-refractivity contribution in [2.45, 2.75) is 19.9 Å². The van der Waals surface area contributed by atoms with Crippen LogP contribution in [0.25, 0.3) is 0 Å². The van der Waals surface area contributed by atoms with Gasteiger partial charge < -0.3 is 10.6 Å². The van der Waals surface area contributed by atoms with E-state index in [1.54, 1.807) is 0 Å². The zero-order chi connectivity index (χ0) is 14.4. The number of non-ortho nitro benzene ring substituents is 1. The van der Waals surface area contributed by atoms with Gasteiger partial charge in [0.1, 0.15) is 0 Å². The Kier molecular flexibility index (Phi) is 8.13. The number of nitro benzene ring substituents is 1. The molecule has 1 amide bonds. The van der Waals surface area contributed by atoms with Gasteiger partial charge in [-0.05, 0) is 19.5 Å². The van der Waals surface area contributed by atoms with E-state index in [9.17, 15) is 14.9 Å². The smallest absolute Gasteiger partial charge is 0.271 e. The Labute approximate surface area is 128 Å². The molecular formula is C12H17Cl2N3O3. The Morgan fingerprint density at radius 2 is 2.10 bits per heavy atom. The van der Waals surface area contributed by atoms with Gasteiger partial charge in [0.2, 0.25) is 0 Å². The molecule has 0 heterocycles. The first-order valence-electron chi connectivity index (χ1n) is 5.90. The molecule has 2 N–H and O–H groups in total. The molecule has 0 saturated carbocycles. The fourth-order valence-corrected chi connectivity index (χ4v) is 1.81. The van der Waals surface area contributed by atoms with Crippen molar-refractivity contribution in [2.75, 3.05) is 13.1 Å². The molecule has 0 spiro atoms. The van der Waals surface area contributed by atoms with Crippen LogP contribution in [-0.4, -0.2) is 30.0 Å². The van der Waals surface area contributed by atoms with E-state index in [-0.39, 0.29) is 40.6 Å². The number of likely N-dealkylation sites (N-methyl/N-ethyl adjacent to an activating group) is 1. The largest absolute Gasteiger partial charge is 0.350 e. The van der Waals surface area contributed by atoms with Crippen molar-refractivity contribution < 1.29 is 9.72 Å². The van der Waals surface area contributed by atoms with Crippen molar-refractivity contribution in [1.82, 2.24) is 10.6 Å². The Hall–Kier alpha value is -1.37. The maximum atomic E-state index is 11.9. The third-order valence-corrected chi connectivity index (χ3v) is 2.70. The number of hydrogen-bond donors (Lipinski definition) is 2. The number of nitrogens with one attached hydrogen (secondary N) is 2. The molecule has 1 aromatic rings. The highest BCUT2D eigenvalue weighted by atomic mass is 35.5. The molecular weight excluding hydrogens is 305 g/mol. The summed E-state index contributed by atoms with van der Waals surface area (Å²) >= 11 is 5.75. The molecule has 0 saturated heterocycles. The number of carbonyl (C=O) groups is 1. The van der Waals surface area contributed by atoms with Gasteiger partial charge in [-0.2, -0.15) is 0 Å². The highest BCUT2D eigenvalue weighted by Gasteiger charge is 2.14. The lowest BCUT2D eigenvalue weighted by Gasteiger charge is -2.13. The van der Waals surface area contributed by atoms with E-state index in [0.29, 0.717) is 6.54 Å². The standard InChI is InChI=1S/C12H16ClN3O3.ClH/c1-3-14-8(2)7-15-12(17)9-4-10(13)6-11(5-9)16(18)19;/h4-6,8,14H,3,7H2,1-2H3,(H,15,17);1H/t8-;/m1./s1. The molecule has 0 radical (unpaired) electrons. The predicted molar refractivity (Wildman–Crippen MR) is 80.8 cm³/mol. The molecule has 0 unspecified atom stereocenters. The molecule has 112 valence electrons. The van der Waals surface area contributed by atoms with Crippen LogP contribution in [0.4, 0.5) is 5.69 Å². The molecule has 0 bridgehead atoms. The number of nitrogens with zero attached hydrogens (tertiary/aromatic N) is 1. The molecule has 0 aliphatic rings. The minimum atomic E-state index is -0.579. The van der Waals surface area contributed by atoms with Crippen LogP contribution in [0.5, 0.6) is 0 Å². The summed E-state index contributed by atoms with van der Waals surface area (Å²) in [5.41, 5.74) is -0.0136. The van der Waals surface area contributed by atoms with Gasteiger partial charge in [0.25, 0.3) is 11.6 Å². The van der Waals surface area contributed by atoms with E-state index in [1.165, 1.54) is 18.2 Å². The summed E-state index contributed by atoms with van der Waals surface area (Å²) in [7, 11) is 0. The summed E-state index contributed by atoms with van der Waals surface area (Å²) in [6, 6.07) is 3.95. The third kappa shape index (κ3) is 5.73. The lowest BCUT2D eigenvalue weighted by Crippen LogP contribution is -2.38. The third-order valence-electron chi connectivity index (χ3n) is 2.48. The van der Waals surface area contributed by atoms with Gasteiger partial charge in [-0.25, -0.2) is 0 Å². The second-order valence-corrected chi connectivity index (χ2v) is 4.56. The average Bonchev–Trinajstić information content (AvgIpc) is 2.35. The van der Waals surface area contributed by atoms with Gasteiger partial charge in [0, 0.05) is 35.3 Å². The zero-order valence-corrected chi connectivity index (χ0v) is 12.8. The van der Waals surface area contributed by atoms with Crippen LogP contribution >= 0.6 is 24.0 Å². The van der Waals surface area contributed by atoms with E-state index in [2.05, 4.69) is 10.6 Å². The number of rotatable bonds is 6. The lowest BCUT2D eigenvalue weighted by molar-refractivity contribution is -0.384. The molecule has 0 aliphatic heterocycles. The highest BCUT2D eigenvalue weighted by molar-refractivity contribution is 6.31. The van der Waals surface area contributed by atoms with Gasteiger partial charge in [0.15, 0.2) is 0 Å². The van der Waals surface area contributed by atoms with Crippen molar-refractivity contribution in [2.24, 2.45) is 0 Å². The van der Waals surface area contributed by atoms with E-state index >= 15 is 0 Å². The summed E-state index contributed by atoms with van der Waals surface area (Å²) < 4.78 is 0. The van der Waals surface area contributed by atoms with Gasteiger partial charge >= 0.3 is 0 Å². The van der Waals surface area contributed by atoms with Crippen LogP contribution in [-0.2, 0) is 0 Å². The summed E-state index contributed by atoms with van der Waals surface area (Å²) in [6.45, 7) is 5.15. The summed E-state index contributed by atoms with van der Waals surface area (Å²) in [5, 5.41) is 16.7. The molecule has 8 heteroatoms. The average molecular weight is 322 g/mol. The number of benzene rings is 1. The molecule has 0 fully saturated rings. The number of amides is 1. The van der Waals surface area contributed by atoms with Crippen LogP contribution in [0.1, 0.15) is 24.2 Å². The van der Waals surface area contributed by atoms with Crippen molar-refractivity contribution >= 4 is 35.6 Å². The summed E-state index contributed by atoms with van der Waals surface area (Å²) in [6.07, 6.45) is 0. The number of carbonyl (C=O) groups excluding carboxylic acids is 1. The van der Waals surface area contributed by atoms with Crippen molar-refractivity contribution in [3.8, 4) is 0 Å². The van der Waals surface area contributed by atoms with Crippen molar-refractivity contribution in [1.29, 1.82) is 0 Å². The molecule has 20 heavy (non-hydrogen) atoms. The van der Waals surface area contributed by atoms with Crippen LogP contribution in [0.2, 0.25) is 5.02 Å². The minimum Gasteiger partial charge on any atom is -0.350 e. The Bertz CT molecular complexity index is 483. The summed E-state index contributed by atoms with van der Waals surface area (Å²) in [5.74, 6) is -0.379. The zero-order valence-electron chi connectivity index (χ0n) is 11.2. The van der Waals surface area contributed by atoms with E-state index in [0.717, 1.165) is 6.54 Å². The van der Waals surface area contributed by atoms with E-state index in [4.69, 9.17) is 11.6 Å². The quantitative estimate of drug-likeness (QED) is 0.622. The Morgan fingerprint density at radius 3 is 2.65 bits per heavy atom. The number of nitro groups is 1. The van der Waals surface area contributed by atoms with Gasteiger partial charge in [-0.15, -0.1) is 12.4 Å². The van der Waals surface area contributed by atoms with Crippen LogP contribution in [0.15, 0.2) is 18.2 Å². The molecule has 0 aromatic heterocycles. The minimum absolute atomic E-state index is 0. The lowest BCUT2D eigenvalue weighted by atomic mass is 10.2. The fraction of sp³-hybridized carbons (Fsp3) is 0.417. The maximum absolute atomic E-state index is 11.9. The monoisotopic (exact) mass is 321 g/mol.